The molecule has 0 radical (unpaired) electrons. The number of nitrogens with zero attached hydrogens (tertiary/aromatic N) is 1. The van der Waals surface area contributed by atoms with Gasteiger partial charge in [0.05, 0.1) is 19.3 Å². The predicted molar refractivity (Wildman–Crippen MR) is 95.2 cm³/mol. The fourth-order valence-corrected chi connectivity index (χ4v) is 4.42. The van der Waals surface area contributed by atoms with Gasteiger partial charge in [-0.25, -0.2) is 4.79 Å². The van der Waals surface area contributed by atoms with Crippen molar-refractivity contribution in [1.29, 1.82) is 0 Å². The highest BCUT2D eigenvalue weighted by Crippen LogP contribution is 2.51. The van der Waals surface area contributed by atoms with E-state index in [0.29, 0.717) is 11.1 Å². The second-order valence-electron chi connectivity index (χ2n) is 6.04. The molecule has 1 aliphatic heterocycles. The molecule has 0 aliphatic carbocycles. The van der Waals surface area contributed by atoms with Crippen LogP contribution in [0.2, 0.25) is 0 Å². The lowest BCUT2D eigenvalue weighted by Gasteiger charge is -2.19. The van der Waals surface area contributed by atoms with Crippen LogP contribution in [-0.2, 0) is 18.3 Å². The number of hydrogen-bond donors (Lipinski definition) is 2. The first-order valence-electron chi connectivity index (χ1n) is 8.44. The van der Waals surface area contributed by atoms with Gasteiger partial charge >= 0.3 is 13.3 Å². The molecule has 9 nitrogen and oxygen atoms in total. The molecular formula is C16H25N2O7P. The third-order valence-corrected chi connectivity index (χ3v) is 5.94. The topological polar surface area (TPSA) is 120 Å². The van der Waals surface area contributed by atoms with Crippen molar-refractivity contribution in [3.63, 3.8) is 0 Å². The van der Waals surface area contributed by atoms with Crippen molar-refractivity contribution in [2.75, 3.05) is 13.2 Å². The van der Waals surface area contributed by atoms with Crippen molar-refractivity contribution in [3.05, 3.63) is 44.0 Å². The van der Waals surface area contributed by atoms with Crippen molar-refractivity contribution in [1.82, 2.24) is 9.55 Å². The number of aryl methyl sites for hydroxylation is 1. The lowest BCUT2D eigenvalue weighted by molar-refractivity contribution is -0.00107. The molecule has 26 heavy (non-hydrogen) atoms. The Morgan fingerprint density at radius 2 is 2.04 bits per heavy atom. The fraction of sp³-hybridized carbons (Fsp3) is 0.625. The van der Waals surface area contributed by atoms with E-state index in [4.69, 9.17) is 13.8 Å². The molecule has 1 unspecified atom stereocenters. The number of H-pyrrole nitrogens is 1. The van der Waals surface area contributed by atoms with Crippen LogP contribution in [0.3, 0.4) is 0 Å². The van der Waals surface area contributed by atoms with E-state index in [2.05, 4.69) is 4.98 Å². The zero-order valence-electron chi connectivity index (χ0n) is 15.3. The second-order valence-corrected chi connectivity index (χ2v) is 7.90. The van der Waals surface area contributed by atoms with E-state index in [-0.39, 0.29) is 19.6 Å². The Balaban J connectivity index is 2.26. The highest BCUT2D eigenvalue weighted by molar-refractivity contribution is 7.57. The van der Waals surface area contributed by atoms with Crippen LogP contribution in [0.15, 0.2) is 27.2 Å². The van der Waals surface area contributed by atoms with E-state index in [1.165, 1.54) is 16.6 Å². The minimum Gasteiger partial charge on any atom is -0.390 e. The van der Waals surface area contributed by atoms with Crippen molar-refractivity contribution in [3.8, 4) is 0 Å². The number of aliphatic hydroxyl groups excluding tert-OH is 1. The quantitative estimate of drug-likeness (QED) is 0.682. The van der Waals surface area contributed by atoms with Crippen LogP contribution >= 0.6 is 7.60 Å². The Labute approximate surface area is 151 Å². The van der Waals surface area contributed by atoms with Crippen LogP contribution in [0.1, 0.15) is 39.0 Å². The zero-order chi connectivity index (χ0) is 19.5. The van der Waals surface area contributed by atoms with Gasteiger partial charge in [-0.1, -0.05) is 0 Å². The Bertz CT molecular complexity index is 819. The van der Waals surface area contributed by atoms with Gasteiger partial charge in [-0.3, -0.25) is 18.9 Å². The maximum Gasteiger partial charge on any atom is 0.354 e. The molecule has 1 aromatic heterocycles. The third-order valence-electron chi connectivity index (χ3n) is 3.98. The van der Waals surface area contributed by atoms with Gasteiger partial charge in [-0.05, 0) is 33.3 Å². The Morgan fingerprint density at radius 1 is 1.42 bits per heavy atom. The Morgan fingerprint density at radius 3 is 2.62 bits per heavy atom. The van der Waals surface area contributed by atoms with Crippen LogP contribution in [-0.4, -0.2) is 40.1 Å². The molecule has 0 amide bonds. The highest BCUT2D eigenvalue weighted by Gasteiger charge is 2.37. The minimum atomic E-state index is -3.44. The summed E-state index contributed by atoms with van der Waals surface area (Å²) in [6, 6.07) is 0. The lowest BCUT2D eigenvalue weighted by Crippen LogP contribution is -2.33. The standard InChI is InChI=1S/C16H25N2O7P/c1-5-23-26(22,24-6-2)9-11(4)14-12(19)7-13(25-14)18-8-10(3)15(20)17-16(18)21/h8-9,12-14,19H,5-7H2,1-4H3,(H,17,20,21)/b11-9+/t12-,13-,14?/m1/s1. The first-order chi connectivity index (χ1) is 12.2. The minimum absolute atomic E-state index is 0.148. The highest BCUT2D eigenvalue weighted by atomic mass is 31.2. The summed E-state index contributed by atoms with van der Waals surface area (Å²) in [7, 11) is -3.44. The van der Waals surface area contributed by atoms with Crippen LogP contribution in [0.5, 0.6) is 0 Å². The normalized spacial score (nSPS) is 24.2. The van der Waals surface area contributed by atoms with Gasteiger partial charge in [-0.15, -0.1) is 0 Å². The van der Waals surface area contributed by atoms with Crippen LogP contribution in [0.25, 0.3) is 0 Å². The average Bonchev–Trinajstić information content (AvgIpc) is 2.93. The molecule has 1 fully saturated rings. The predicted octanol–water partition coefficient (Wildman–Crippen LogP) is 1.66. The summed E-state index contributed by atoms with van der Waals surface area (Å²) in [6.45, 7) is 7.06. The van der Waals surface area contributed by atoms with Gasteiger partial charge in [-0.2, -0.15) is 0 Å². The molecule has 146 valence electrons. The number of nitrogens with one attached hydrogen (secondary N) is 1. The molecule has 2 heterocycles. The summed E-state index contributed by atoms with van der Waals surface area (Å²) < 4.78 is 30.1. The molecule has 0 aromatic carbocycles. The smallest absolute Gasteiger partial charge is 0.354 e. The molecule has 1 saturated heterocycles. The van der Waals surface area contributed by atoms with Gasteiger partial charge in [0.25, 0.3) is 5.56 Å². The number of aromatic nitrogens is 2. The lowest BCUT2D eigenvalue weighted by atomic mass is 10.1. The Hall–Kier alpha value is -1.51. The zero-order valence-corrected chi connectivity index (χ0v) is 16.2. The first-order valence-corrected chi connectivity index (χ1v) is 10.1. The summed E-state index contributed by atoms with van der Waals surface area (Å²) in [5, 5.41) is 10.3. The number of aromatic amines is 1. The molecule has 2 rings (SSSR count). The molecule has 10 heteroatoms. The number of rotatable bonds is 7. The summed E-state index contributed by atoms with van der Waals surface area (Å²) in [5.41, 5.74) is -0.240. The maximum absolute atomic E-state index is 12.6. The third kappa shape index (κ3) is 4.61. The number of ether oxygens (including phenoxy) is 1. The monoisotopic (exact) mass is 388 g/mol. The van der Waals surface area contributed by atoms with Crippen molar-refractivity contribution in [2.45, 2.75) is 52.6 Å². The van der Waals surface area contributed by atoms with Gasteiger partial charge < -0.3 is 18.9 Å². The van der Waals surface area contributed by atoms with Crippen LogP contribution < -0.4 is 11.2 Å². The van der Waals surface area contributed by atoms with Gasteiger partial charge in [0.2, 0.25) is 0 Å². The SMILES string of the molecule is CCOP(=O)(/C=C(\C)C1O[C@@H](n2cc(C)c(=O)[nH]c2=O)C[C@H]1O)OCC. The molecule has 1 aliphatic rings. The first kappa shape index (κ1) is 20.8. The number of hydrogen-bond acceptors (Lipinski definition) is 7. The summed E-state index contributed by atoms with van der Waals surface area (Å²) in [5.74, 6) is 1.34. The van der Waals surface area contributed by atoms with E-state index in [0.717, 1.165) is 0 Å². The Kier molecular flexibility index (Phi) is 6.76. The van der Waals surface area contributed by atoms with E-state index < -0.39 is 37.3 Å². The maximum atomic E-state index is 12.6. The average molecular weight is 388 g/mol. The summed E-state index contributed by atoms with van der Waals surface area (Å²) >= 11 is 0. The van der Waals surface area contributed by atoms with E-state index in [1.807, 2.05) is 0 Å². The van der Waals surface area contributed by atoms with Gasteiger partial charge in [0, 0.05) is 24.0 Å². The van der Waals surface area contributed by atoms with E-state index >= 15 is 0 Å². The molecule has 2 N–H and O–H groups in total. The van der Waals surface area contributed by atoms with Crippen LogP contribution in [0.4, 0.5) is 0 Å². The van der Waals surface area contributed by atoms with Gasteiger partial charge in [0.15, 0.2) is 0 Å². The number of aliphatic hydroxyl groups is 1. The van der Waals surface area contributed by atoms with Crippen molar-refractivity contribution in [2.24, 2.45) is 0 Å². The molecule has 0 spiro atoms. The molecule has 0 saturated carbocycles. The van der Waals surface area contributed by atoms with Crippen molar-refractivity contribution >= 4 is 7.60 Å². The summed E-state index contributed by atoms with van der Waals surface area (Å²) in [6.07, 6.45) is -0.888. The van der Waals surface area contributed by atoms with E-state index in [9.17, 15) is 19.3 Å². The van der Waals surface area contributed by atoms with Gasteiger partial charge in [0.1, 0.15) is 12.3 Å². The largest absolute Gasteiger partial charge is 0.390 e. The van der Waals surface area contributed by atoms with Crippen molar-refractivity contribution < 1.29 is 23.5 Å². The molecule has 0 bridgehead atoms. The van der Waals surface area contributed by atoms with Crippen LogP contribution in [0, 0.1) is 6.92 Å². The molecule has 1 aromatic rings. The second kappa shape index (κ2) is 8.45. The van der Waals surface area contributed by atoms with E-state index in [1.54, 1.807) is 27.7 Å². The molecule has 3 atom stereocenters. The fourth-order valence-electron chi connectivity index (χ4n) is 2.83. The summed E-state index contributed by atoms with van der Waals surface area (Å²) in [4.78, 5) is 25.7. The molecular weight excluding hydrogens is 363 g/mol.